The van der Waals surface area contributed by atoms with Gasteiger partial charge in [0, 0.05) is 20.5 Å². The van der Waals surface area contributed by atoms with E-state index in [0.717, 1.165) is 0 Å². The highest BCUT2D eigenvalue weighted by molar-refractivity contribution is 5.82. The lowest BCUT2D eigenvalue weighted by molar-refractivity contribution is -0.142. The SMILES string of the molecule is COC(C)CC(NC(C)=O)C(=O)O. The van der Waals surface area contributed by atoms with Crippen molar-refractivity contribution in [3.63, 3.8) is 0 Å². The molecule has 0 saturated carbocycles. The summed E-state index contributed by atoms with van der Waals surface area (Å²) >= 11 is 0. The third kappa shape index (κ3) is 5.19. The molecule has 0 aromatic carbocycles. The molecule has 0 aliphatic carbocycles. The van der Waals surface area contributed by atoms with Gasteiger partial charge in [-0.25, -0.2) is 4.79 Å². The molecule has 13 heavy (non-hydrogen) atoms. The average molecular weight is 189 g/mol. The normalized spacial score (nSPS) is 14.7. The van der Waals surface area contributed by atoms with Crippen LogP contribution in [0.25, 0.3) is 0 Å². The topological polar surface area (TPSA) is 75.6 Å². The van der Waals surface area contributed by atoms with Gasteiger partial charge < -0.3 is 15.2 Å². The van der Waals surface area contributed by atoms with Gasteiger partial charge in [0.05, 0.1) is 6.10 Å². The number of hydrogen-bond donors (Lipinski definition) is 2. The van der Waals surface area contributed by atoms with E-state index in [4.69, 9.17) is 9.84 Å². The minimum Gasteiger partial charge on any atom is -0.480 e. The Labute approximate surface area is 77.1 Å². The molecule has 0 spiro atoms. The summed E-state index contributed by atoms with van der Waals surface area (Å²) in [6.45, 7) is 3.03. The lowest BCUT2D eigenvalue weighted by Gasteiger charge is -2.16. The molecule has 5 nitrogen and oxygen atoms in total. The molecule has 0 fully saturated rings. The second kappa shape index (κ2) is 5.53. The van der Waals surface area contributed by atoms with E-state index in [0.29, 0.717) is 0 Å². The molecular weight excluding hydrogens is 174 g/mol. The Bertz CT molecular complexity index is 193. The van der Waals surface area contributed by atoms with Gasteiger partial charge in [-0.1, -0.05) is 0 Å². The zero-order valence-corrected chi connectivity index (χ0v) is 8.03. The molecule has 2 unspecified atom stereocenters. The Balaban J connectivity index is 4.10. The van der Waals surface area contributed by atoms with Gasteiger partial charge in [0.15, 0.2) is 0 Å². The molecule has 0 rings (SSSR count). The summed E-state index contributed by atoms with van der Waals surface area (Å²) in [5, 5.41) is 11.0. The molecule has 0 aliphatic rings. The first-order chi connectivity index (χ1) is 5.97. The lowest BCUT2D eigenvalue weighted by atomic mass is 10.1. The number of hydrogen-bond acceptors (Lipinski definition) is 3. The summed E-state index contributed by atoms with van der Waals surface area (Å²) in [5.74, 6) is -1.39. The number of nitrogens with one attached hydrogen (secondary N) is 1. The smallest absolute Gasteiger partial charge is 0.326 e. The van der Waals surface area contributed by atoms with Crippen molar-refractivity contribution >= 4 is 11.9 Å². The largest absolute Gasteiger partial charge is 0.480 e. The Morgan fingerprint density at radius 2 is 2.08 bits per heavy atom. The summed E-state index contributed by atoms with van der Waals surface area (Å²) in [6, 6.07) is -0.868. The maximum atomic E-state index is 10.6. The van der Waals surface area contributed by atoms with E-state index in [1.807, 2.05) is 0 Å². The van der Waals surface area contributed by atoms with Gasteiger partial charge in [0.2, 0.25) is 5.91 Å². The predicted molar refractivity (Wildman–Crippen MR) is 46.3 cm³/mol. The minimum atomic E-state index is -1.04. The van der Waals surface area contributed by atoms with E-state index in [2.05, 4.69) is 5.32 Å². The van der Waals surface area contributed by atoms with E-state index in [1.165, 1.54) is 14.0 Å². The number of amides is 1. The van der Waals surface area contributed by atoms with Crippen molar-refractivity contribution in [2.75, 3.05) is 7.11 Å². The molecule has 5 heteroatoms. The van der Waals surface area contributed by atoms with Crippen LogP contribution in [0, 0.1) is 0 Å². The number of ether oxygens (including phenoxy) is 1. The Kier molecular flexibility index (Phi) is 5.06. The van der Waals surface area contributed by atoms with Crippen molar-refractivity contribution in [3.8, 4) is 0 Å². The lowest BCUT2D eigenvalue weighted by Crippen LogP contribution is -2.41. The number of methoxy groups -OCH3 is 1. The molecule has 0 aliphatic heterocycles. The highest BCUT2D eigenvalue weighted by Crippen LogP contribution is 2.01. The first-order valence-electron chi connectivity index (χ1n) is 4.00. The number of carboxylic acid groups (broad SMARTS) is 1. The van der Waals surface area contributed by atoms with Gasteiger partial charge in [-0.2, -0.15) is 0 Å². The van der Waals surface area contributed by atoms with Crippen molar-refractivity contribution < 1.29 is 19.4 Å². The number of carboxylic acids is 1. The van der Waals surface area contributed by atoms with Crippen LogP contribution in [0.4, 0.5) is 0 Å². The average Bonchev–Trinajstić information content (AvgIpc) is 2.02. The van der Waals surface area contributed by atoms with Crippen LogP contribution in [-0.4, -0.2) is 36.2 Å². The summed E-state index contributed by atoms with van der Waals surface area (Å²) in [4.78, 5) is 21.2. The van der Waals surface area contributed by atoms with Crippen LogP contribution in [0.1, 0.15) is 20.3 Å². The fraction of sp³-hybridized carbons (Fsp3) is 0.750. The number of carbonyl (C=O) groups excluding carboxylic acids is 1. The molecule has 2 atom stereocenters. The number of aliphatic carboxylic acids is 1. The second-order valence-corrected chi connectivity index (χ2v) is 2.87. The highest BCUT2D eigenvalue weighted by Gasteiger charge is 2.20. The number of carbonyl (C=O) groups is 2. The summed E-state index contributed by atoms with van der Waals surface area (Å²) in [5.41, 5.74) is 0. The first kappa shape index (κ1) is 11.9. The zero-order valence-electron chi connectivity index (χ0n) is 8.03. The van der Waals surface area contributed by atoms with Gasteiger partial charge in [-0.3, -0.25) is 4.79 Å². The molecule has 1 amide bonds. The maximum absolute atomic E-state index is 10.6. The second-order valence-electron chi connectivity index (χ2n) is 2.87. The molecule has 0 saturated heterocycles. The van der Waals surface area contributed by atoms with Gasteiger partial charge in [0.25, 0.3) is 0 Å². The summed E-state index contributed by atoms with van der Waals surface area (Å²) in [7, 11) is 1.50. The van der Waals surface area contributed by atoms with Gasteiger partial charge in [0.1, 0.15) is 6.04 Å². The molecule has 76 valence electrons. The highest BCUT2D eigenvalue weighted by atomic mass is 16.5. The molecule has 0 heterocycles. The van der Waals surface area contributed by atoms with Crippen molar-refractivity contribution in [2.45, 2.75) is 32.4 Å². The fourth-order valence-electron chi connectivity index (χ4n) is 0.895. The van der Waals surface area contributed by atoms with Gasteiger partial charge in [-0.15, -0.1) is 0 Å². The Morgan fingerprint density at radius 3 is 2.38 bits per heavy atom. The van der Waals surface area contributed by atoms with Crippen LogP contribution in [0.5, 0.6) is 0 Å². The fourth-order valence-corrected chi connectivity index (χ4v) is 0.895. The van der Waals surface area contributed by atoms with Crippen LogP contribution in [-0.2, 0) is 14.3 Å². The first-order valence-corrected chi connectivity index (χ1v) is 4.00. The van der Waals surface area contributed by atoms with Crippen LogP contribution in [0.15, 0.2) is 0 Å². The molecule has 0 aromatic rings. The third-order valence-corrected chi connectivity index (χ3v) is 1.65. The van der Waals surface area contributed by atoms with Gasteiger partial charge in [-0.05, 0) is 6.92 Å². The zero-order chi connectivity index (χ0) is 10.4. The molecule has 0 radical (unpaired) electrons. The van der Waals surface area contributed by atoms with Crippen LogP contribution >= 0.6 is 0 Å². The van der Waals surface area contributed by atoms with Crippen LogP contribution < -0.4 is 5.32 Å². The predicted octanol–water partition coefficient (Wildman–Crippen LogP) is 0.000700. The molecule has 2 N–H and O–H groups in total. The standard InChI is InChI=1S/C8H15NO4/c1-5(13-3)4-7(8(11)12)9-6(2)10/h5,7H,4H2,1-3H3,(H,9,10)(H,11,12). The Hall–Kier alpha value is -1.10. The third-order valence-electron chi connectivity index (χ3n) is 1.65. The summed E-state index contributed by atoms with van der Waals surface area (Å²) in [6.07, 6.45) is 0.0822. The van der Waals surface area contributed by atoms with E-state index in [1.54, 1.807) is 6.92 Å². The van der Waals surface area contributed by atoms with Crippen molar-refractivity contribution in [3.05, 3.63) is 0 Å². The summed E-state index contributed by atoms with van der Waals surface area (Å²) < 4.78 is 4.90. The molecule has 0 bridgehead atoms. The Morgan fingerprint density at radius 1 is 1.54 bits per heavy atom. The van der Waals surface area contributed by atoms with Crippen molar-refractivity contribution in [2.24, 2.45) is 0 Å². The minimum absolute atomic E-state index is 0.187. The van der Waals surface area contributed by atoms with E-state index in [-0.39, 0.29) is 18.4 Å². The van der Waals surface area contributed by atoms with Crippen molar-refractivity contribution in [1.29, 1.82) is 0 Å². The molecule has 0 aromatic heterocycles. The monoisotopic (exact) mass is 189 g/mol. The van der Waals surface area contributed by atoms with E-state index >= 15 is 0 Å². The van der Waals surface area contributed by atoms with E-state index < -0.39 is 12.0 Å². The quantitative estimate of drug-likeness (QED) is 0.638. The number of rotatable bonds is 5. The molecular formula is C8H15NO4. The van der Waals surface area contributed by atoms with Gasteiger partial charge >= 0.3 is 5.97 Å². The van der Waals surface area contributed by atoms with E-state index in [9.17, 15) is 9.59 Å². The van der Waals surface area contributed by atoms with Crippen LogP contribution in [0.2, 0.25) is 0 Å². The van der Waals surface area contributed by atoms with Crippen LogP contribution in [0.3, 0.4) is 0 Å². The van der Waals surface area contributed by atoms with Crippen molar-refractivity contribution in [1.82, 2.24) is 5.32 Å². The maximum Gasteiger partial charge on any atom is 0.326 e.